The van der Waals surface area contributed by atoms with E-state index in [0.717, 1.165) is 6.42 Å². The lowest BCUT2D eigenvalue weighted by Crippen LogP contribution is -2.32. The van der Waals surface area contributed by atoms with Crippen LogP contribution < -0.4 is 14.8 Å². The van der Waals surface area contributed by atoms with Gasteiger partial charge in [0.2, 0.25) is 10.0 Å². The highest BCUT2D eigenvalue weighted by molar-refractivity contribution is 7.89. The number of amides is 1. The summed E-state index contributed by atoms with van der Waals surface area (Å²) in [5, 5.41) is 2.51. The molecule has 1 amide bonds. The van der Waals surface area contributed by atoms with Crippen molar-refractivity contribution in [1.82, 2.24) is 4.72 Å². The van der Waals surface area contributed by atoms with Crippen molar-refractivity contribution >= 4 is 21.6 Å². The fourth-order valence-corrected chi connectivity index (χ4v) is 3.92. The van der Waals surface area contributed by atoms with Gasteiger partial charge in [0.1, 0.15) is 11.6 Å². The predicted molar refractivity (Wildman–Crippen MR) is 102 cm³/mol. The van der Waals surface area contributed by atoms with E-state index in [0.29, 0.717) is 6.42 Å². The number of rotatable bonds is 8. The fraction of sp³-hybridized carbons (Fsp3) is 0.316. The van der Waals surface area contributed by atoms with Gasteiger partial charge in [0.25, 0.3) is 5.91 Å². The minimum atomic E-state index is -3.77. The van der Waals surface area contributed by atoms with Crippen LogP contribution >= 0.6 is 0 Å². The third-order valence-corrected chi connectivity index (χ3v) is 5.51. The molecule has 1 atom stereocenters. The molecule has 2 aromatic rings. The maximum Gasteiger partial charge on any atom is 0.258 e. The lowest BCUT2D eigenvalue weighted by atomic mass is 10.2. The van der Waals surface area contributed by atoms with Crippen LogP contribution in [-0.4, -0.2) is 27.5 Å². The summed E-state index contributed by atoms with van der Waals surface area (Å²) in [6.45, 7) is 3.75. The zero-order valence-corrected chi connectivity index (χ0v) is 16.3. The Balaban J connectivity index is 2.32. The molecule has 0 unspecified atom stereocenters. The van der Waals surface area contributed by atoms with Gasteiger partial charge in [-0.25, -0.2) is 17.5 Å². The van der Waals surface area contributed by atoms with Crippen molar-refractivity contribution in [1.29, 1.82) is 0 Å². The van der Waals surface area contributed by atoms with Crippen LogP contribution in [-0.2, 0) is 10.0 Å². The van der Waals surface area contributed by atoms with Gasteiger partial charge in [0.15, 0.2) is 0 Å². The molecule has 27 heavy (non-hydrogen) atoms. The van der Waals surface area contributed by atoms with Gasteiger partial charge in [-0.3, -0.25) is 4.79 Å². The summed E-state index contributed by atoms with van der Waals surface area (Å²) < 4.78 is 46.7. The molecule has 0 saturated carbocycles. The molecule has 0 fully saturated rings. The van der Waals surface area contributed by atoms with E-state index in [2.05, 4.69) is 10.0 Å². The van der Waals surface area contributed by atoms with E-state index in [1.165, 1.54) is 49.6 Å². The second kappa shape index (κ2) is 8.96. The highest BCUT2D eigenvalue weighted by Gasteiger charge is 2.20. The van der Waals surface area contributed by atoms with Crippen LogP contribution in [0.1, 0.15) is 37.0 Å². The van der Waals surface area contributed by atoms with Crippen molar-refractivity contribution in [3.63, 3.8) is 0 Å². The molecular formula is C19H23FN2O4S. The summed E-state index contributed by atoms with van der Waals surface area (Å²) >= 11 is 0. The monoisotopic (exact) mass is 394 g/mol. The number of sulfonamides is 1. The number of methoxy groups -OCH3 is 1. The molecule has 0 aromatic heterocycles. The van der Waals surface area contributed by atoms with Crippen molar-refractivity contribution in [3.05, 3.63) is 53.8 Å². The maximum absolute atomic E-state index is 13.8. The smallest absolute Gasteiger partial charge is 0.258 e. The Morgan fingerprint density at radius 1 is 1.22 bits per heavy atom. The molecule has 0 radical (unpaired) electrons. The molecule has 2 aromatic carbocycles. The normalized spacial score (nSPS) is 12.4. The number of carbonyl (C=O) groups is 1. The number of halogens is 1. The van der Waals surface area contributed by atoms with E-state index in [1.54, 1.807) is 6.92 Å². The average molecular weight is 394 g/mol. The number of benzene rings is 2. The molecule has 0 heterocycles. The van der Waals surface area contributed by atoms with Crippen LogP contribution in [0.2, 0.25) is 0 Å². The second-order valence-electron chi connectivity index (χ2n) is 6.11. The third-order valence-electron chi connectivity index (χ3n) is 3.93. The first-order valence-electron chi connectivity index (χ1n) is 8.54. The number of hydrogen-bond donors (Lipinski definition) is 2. The van der Waals surface area contributed by atoms with Crippen molar-refractivity contribution in [2.75, 3.05) is 12.4 Å². The Morgan fingerprint density at radius 2 is 1.93 bits per heavy atom. The molecule has 0 aliphatic carbocycles. The molecule has 146 valence electrons. The van der Waals surface area contributed by atoms with Crippen molar-refractivity contribution in [3.8, 4) is 5.75 Å². The van der Waals surface area contributed by atoms with Crippen LogP contribution in [0.3, 0.4) is 0 Å². The van der Waals surface area contributed by atoms with E-state index < -0.39 is 21.7 Å². The predicted octanol–water partition coefficient (Wildman–Crippen LogP) is 3.55. The molecule has 8 heteroatoms. The molecule has 0 aliphatic heterocycles. The first-order chi connectivity index (χ1) is 12.8. The summed E-state index contributed by atoms with van der Waals surface area (Å²) in [5.74, 6) is -1.11. The molecule has 2 rings (SSSR count). The summed E-state index contributed by atoms with van der Waals surface area (Å²) in [5.41, 5.74) is -0.0146. The van der Waals surface area contributed by atoms with Gasteiger partial charge in [-0.15, -0.1) is 0 Å². The molecule has 0 aliphatic rings. The van der Waals surface area contributed by atoms with Gasteiger partial charge < -0.3 is 10.1 Å². The van der Waals surface area contributed by atoms with Gasteiger partial charge in [-0.2, -0.15) is 0 Å². The van der Waals surface area contributed by atoms with Gasteiger partial charge in [-0.1, -0.05) is 25.5 Å². The summed E-state index contributed by atoms with van der Waals surface area (Å²) in [6.07, 6.45) is 1.54. The van der Waals surface area contributed by atoms with Gasteiger partial charge in [0.05, 0.1) is 23.3 Å². The number of carbonyl (C=O) groups excluding carboxylic acids is 1. The van der Waals surface area contributed by atoms with Crippen LogP contribution in [0.4, 0.5) is 10.1 Å². The Morgan fingerprint density at radius 3 is 2.56 bits per heavy atom. The van der Waals surface area contributed by atoms with E-state index in [4.69, 9.17) is 4.74 Å². The van der Waals surface area contributed by atoms with E-state index in [1.807, 2.05) is 6.92 Å². The molecule has 0 saturated heterocycles. The lowest BCUT2D eigenvalue weighted by molar-refractivity contribution is 0.102. The van der Waals surface area contributed by atoms with Crippen LogP contribution in [0.25, 0.3) is 0 Å². The van der Waals surface area contributed by atoms with Gasteiger partial charge in [0, 0.05) is 6.04 Å². The number of nitrogens with one attached hydrogen (secondary N) is 2. The van der Waals surface area contributed by atoms with Crippen molar-refractivity contribution < 1.29 is 22.3 Å². The van der Waals surface area contributed by atoms with Crippen molar-refractivity contribution in [2.45, 2.75) is 37.6 Å². The molecule has 2 N–H and O–H groups in total. The van der Waals surface area contributed by atoms with Gasteiger partial charge >= 0.3 is 0 Å². The van der Waals surface area contributed by atoms with Crippen molar-refractivity contribution in [2.24, 2.45) is 0 Å². The third kappa shape index (κ3) is 5.27. The summed E-state index contributed by atoms with van der Waals surface area (Å²) in [4.78, 5) is 12.3. The first-order valence-corrected chi connectivity index (χ1v) is 10.0. The number of ether oxygens (including phenoxy) is 1. The fourth-order valence-electron chi connectivity index (χ4n) is 2.61. The highest BCUT2D eigenvalue weighted by Crippen LogP contribution is 2.28. The molecule has 6 nitrogen and oxygen atoms in total. The standard InChI is InChI=1S/C19H23FN2O4S/c1-4-7-13(2)22-27(24,25)14-10-11-18(26-3)17(12-14)21-19(23)15-8-5-6-9-16(15)20/h5-6,8-13,22H,4,7H2,1-3H3,(H,21,23)/t13-/m0/s1. The Hall–Kier alpha value is -2.45. The summed E-state index contributed by atoms with van der Waals surface area (Å²) in [6, 6.07) is 9.42. The first kappa shape index (κ1) is 20.9. The quantitative estimate of drug-likeness (QED) is 0.717. The van der Waals surface area contributed by atoms with E-state index >= 15 is 0 Å². The van der Waals surface area contributed by atoms with Crippen LogP contribution in [0.5, 0.6) is 5.75 Å². The Kier molecular flexibility index (Phi) is 6.92. The zero-order chi connectivity index (χ0) is 20.0. The Labute approximate surface area is 158 Å². The minimum Gasteiger partial charge on any atom is -0.495 e. The summed E-state index contributed by atoms with van der Waals surface area (Å²) in [7, 11) is -2.38. The van der Waals surface area contributed by atoms with Crippen LogP contribution in [0.15, 0.2) is 47.4 Å². The largest absolute Gasteiger partial charge is 0.495 e. The second-order valence-corrected chi connectivity index (χ2v) is 7.82. The van der Waals surface area contributed by atoms with E-state index in [-0.39, 0.29) is 27.9 Å². The number of hydrogen-bond acceptors (Lipinski definition) is 4. The Bertz CT molecular complexity index is 916. The SMILES string of the molecule is CCC[C@H](C)NS(=O)(=O)c1ccc(OC)c(NC(=O)c2ccccc2F)c1. The zero-order valence-electron chi connectivity index (χ0n) is 15.5. The molecule has 0 spiro atoms. The van der Waals surface area contributed by atoms with E-state index in [9.17, 15) is 17.6 Å². The molecular weight excluding hydrogens is 371 g/mol. The topological polar surface area (TPSA) is 84.5 Å². The lowest BCUT2D eigenvalue weighted by Gasteiger charge is -2.16. The average Bonchev–Trinajstić information content (AvgIpc) is 2.61. The van der Waals surface area contributed by atoms with Gasteiger partial charge in [-0.05, 0) is 43.7 Å². The molecule has 0 bridgehead atoms. The minimum absolute atomic E-state index is 0.0184. The van der Waals surface area contributed by atoms with Crippen LogP contribution in [0, 0.1) is 5.82 Å². The highest BCUT2D eigenvalue weighted by atomic mass is 32.2. The maximum atomic E-state index is 13.8. The number of anilines is 1.